The maximum absolute atomic E-state index is 13.5. The van der Waals surface area contributed by atoms with Crippen LogP contribution in [0.5, 0.6) is 0 Å². The average molecular weight is 321 g/mol. The van der Waals surface area contributed by atoms with Gasteiger partial charge in [-0.15, -0.1) is 0 Å². The van der Waals surface area contributed by atoms with E-state index in [0.29, 0.717) is 22.1 Å². The van der Waals surface area contributed by atoms with Gasteiger partial charge in [-0.3, -0.25) is 5.43 Å². The maximum Gasteiger partial charge on any atom is 0.189 e. The summed E-state index contributed by atoms with van der Waals surface area (Å²) >= 11 is 5.17. The highest BCUT2D eigenvalue weighted by Gasteiger charge is 2.26. The van der Waals surface area contributed by atoms with E-state index in [1.807, 2.05) is 0 Å². The number of hydrogen-bond acceptors (Lipinski definition) is 2. The Morgan fingerprint density at radius 2 is 2.00 bits per heavy atom. The Labute approximate surface area is 137 Å². The Morgan fingerprint density at radius 1 is 1.27 bits per heavy atom. The largest absolute Gasteiger partial charge is 0.329 e. The average Bonchev–Trinajstić information content (AvgIpc) is 2.47. The molecule has 0 amide bonds. The molecular weight excluding hydrogens is 297 g/mol. The highest BCUT2D eigenvalue weighted by atomic mass is 32.1. The predicted molar refractivity (Wildman–Crippen MR) is 93.8 cm³/mol. The SMILES string of the molecule is CC(C)(C)[C@@H]1CC=C(NNC(=S)Nc2ccccc2F)CC1. The van der Waals surface area contributed by atoms with E-state index in [9.17, 15) is 4.39 Å². The number of halogens is 1. The van der Waals surface area contributed by atoms with Crippen molar-refractivity contribution in [3.8, 4) is 0 Å². The molecule has 3 nitrogen and oxygen atoms in total. The van der Waals surface area contributed by atoms with Crippen LogP contribution in [0.25, 0.3) is 0 Å². The minimum atomic E-state index is -0.323. The van der Waals surface area contributed by atoms with Crippen molar-refractivity contribution < 1.29 is 4.39 Å². The van der Waals surface area contributed by atoms with Crippen LogP contribution in [0.1, 0.15) is 40.0 Å². The summed E-state index contributed by atoms with van der Waals surface area (Å²) in [5, 5.41) is 3.19. The molecule has 0 bridgehead atoms. The Bertz CT molecular complexity index is 563. The zero-order valence-electron chi connectivity index (χ0n) is 13.4. The van der Waals surface area contributed by atoms with Gasteiger partial charge in [-0.2, -0.15) is 0 Å². The molecule has 0 spiro atoms. The summed E-state index contributed by atoms with van der Waals surface area (Å²) < 4.78 is 13.5. The first-order valence-corrected chi connectivity index (χ1v) is 8.03. The van der Waals surface area contributed by atoms with Crippen LogP contribution in [0.2, 0.25) is 0 Å². The third-order valence-corrected chi connectivity index (χ3v) is 4.30. The zero-order valence-corrected chi connectivity index (χ0v) is 14.2. The first-order chi connectivity index (χ1) is 10.4. The quantitative estimate of drug-likeness (QED) is 0.571. The standard InChI is InChI=1S/C17H24FN3S/c1-17(2,3)12-8-10-13(11-9-12)20-21-16(22)19-15-7-5-4-6-14(15)18/h4-7,10,12,20H,8-9,11H2,1-3H3,(H2,19,21,22)/t12-/m1/s1. The van der Waals surface area contributed by atoms with Gasteiger partial charge in [0.05, 0.1) is 5.69 Å². The normalized spacial score (nSPS) is 18.4. The van der Waals surface area contributed by atoms with E-state index in [1.165, 1.54) is 6.07 Å². The second-order valence-electron chi connectivity index (χ2n) is 6.75. The number of anilines is 1. The van der Waals surface area contributed by atoms with Gasteiger partial charge in [0.25, 0.3) is 0 Å². The van der Waals surface area contributed by atoms with Gasteiger partial charge in [-0.1, -0.05) is 39.0 Å². The Morgan fingerprint density at radius 3 is 2.59 bits per heavy atom. The highest BCUT2D eigenvalue weighted by Crippen LogP contribution is 2.36. The Balaban J connectivity index is 1.80. The Hall–Kier alpha value is -1.62. The topological polar surface area (TPSA) is 36.1 Å². The fourth-order valence-corrected chi connectivity index (χ4v) is 2.75. The molecule has 0 saturated heterocycles. The van der Waals surface area contributed by atoms with Gasteiger partial charge < -0.3 is 10.7 Å². The second kappa shape index (κ2) is 7.09. The van der Waals surface area contributed by atoms with Gasteiger partial charge in [0.2, 0.25) is 0 Å². The van der Waals surface area contributed by atoms with E-state index >= 15 is 0 Å². The van der Waals surface area contributed by atoms with Crippen molar-refractivity contribution in [3.63, 3.8) is 0 Å². The molecule has 2 rings (SSSR count). The van der Waals surface area contributed by atoms with Gasteiger partial charge >= 0.3 is 0 Å². The molecule has 0 saturated carbocycles. The molecule has 1 aromatic carbocycles. The van der Waals surface area contributed by atoms with Crippen molar-refractivity contribution in [2.24, 2.45) is 11.3 Å². The van der Waals surface area contributed by atoms with E-state index in [-0.39, 0.29) is 5.82 Å². The first kappa shape index (κ1) is 16.7. The number of allylic oxidation sites excluding steroid dienone is 2. The van der Waals surface area contributed by atoms with Crippen molar-refractivity contribution in [1.29, 1.82) is 0 Å². The lowest BCUT2D eigenvalue weighted by molar-refractivity contribution is 0.218. The van der Waals surface area contributed by atoms with Gasteiger partial charge in [-0.25, -0.2) is 4.39 Å². The number of para-hydroxylation sites is 1. The molecule has 120 valence electrons. The predicted octanol–water partition coefficient (Wildman–Crippen LogP) is 4.35. The number of benzene rings is 1. The molecule has 5 heteroatoms. The molecule has 0 radical (unpaired) electrons. The second-order valence-corrected chi connectivity index (χ2v) is 7.16. The summed E-state index contributed by atoms with van der Waals surface area (Å²) in [6.07, 6.45) is 5.45. The smallest absolute Gasteiger partial charge is 0.189 e. The summed E-state index contributed by atoms with van der Waals surface area (Å²) in [7, 11) is 0. The van der Waals surface area contributed by atoms with Crippen molar-refractivity contribution in [2.45, 2.75) is 40.0 Å². The first-order valence-electron chi connectivity index (χ1n) is 7.63. The van der Waals surface area contributed by atoms with Crippen LogP contribution in [0.15, 0.2) is 36.0 Å². The summed E-state index contributed by atoms with van der Waals surface area (Å²) in [5.74, 6) is 0.387. The summed E-state index contributed by atoms with van der Waals surface area (Å²) in [6, 6.07) is 6.46. The highest BCUT2D eigenvalue weighted by molar-refractivity contribution is 7.80. The minimum absolute atomic E-state index is 0.323. The van der Waals surface area contributed by atoms with Crippen LogP contribution < -0.4 is 16.2 Å². The molecule has 1 aliphatic carbocycles. The summed E-state index contributed by atoms with van der Waals surface area (Å²) in [6.45, 7) is 6.86. The van der Waals surface area contributed by atoms with Gasteiger partial charge in [0.1, 0.15) is 5.82 Å². The molecular formula is C17H24FN3S. The van der Waals surface area contributed by atoms with Crippen LogP contribution in [0.3, 0.4) is 0 Å². The van der Waals surface area contributed by atoms with Gasteiger partial charge in [0, 0.05) is 5.70 Å². The number of nitrogens with one attached hydrogen (secondary N) is 3. The van der Waals surface area contributed by atoms with Gasteiger partial charge in [-0.05, 0) is 54.9 Å². The molecule has 1 aromatic rings. The monoisotopic (exact) mass is 321 g/mol. The molecule has 3 N–H and O–H groups in total. The summed E-state index contributed by atoms with van der Waals surface area (Å²) in [4.78, 5) is 0. The lowest BCUT2D eigenvalue weighted by Gasteiger charge is -2.33. The van der Waals surface area contributed by atoms with Crippen LogP contribution in [0.4, 0.5) is 10.1 Å². The minimum Gasteiger partial charge on any atom is -0.329 e. The van der Waals surface area contributed by atoms with Crippen LogP contribution >= 0.6 is 12.2 Å². The van der Waals surface area contributed by atoms with Gasteiger partial charge in [0.15, 0.2) is 5.11 Å². The Kier molecular flexibility index (Phi) is 5.40. The van der Waals surface area contributed by atoms with Crippen molar-refractivity contribution >= 4 is 23.0 Å². The third-order valence-electron chi connectivity index (χ3n) is 4.09. The molecule has 0 fully saturated rings. The number of rotatable bonds is 3. The summed E-state index contributed by atoms with van der Waals surface area (Å²) in [5.41, 5.74) is 7.88. The van der Waals surface area contributed by atoms with Crippen molar-refractivity contribution in [3.05, 3.63) is 41.9 Å². The number of hydrazine groups is 1. The molecule has 0 aromatic heterocycles. The van der Waals surface area contributed by atoms with E-state index < -0.39 is 0 Å². The zero-order chi connectivity index (χ0) is 16.2. The fraction of sp³-hybridized carbons (Fsp3) is 0.471. The molecule has 0 unspecified atom stereocenters. The molecule has 1 atom stereocenters. The van der Waals surface area contributed by atoms with E-state index in [0.717, 1.165) is 25.0 Å². The van der Waals surface area contributed by atoms with Crippen LogP contribution in [-0.4, -0.2) is 5.11 Å². The molecule has 0 heterocycles. The lowest BCUT2D eigenvalue weighted by atomic mass is 9.74. The molecule has 0 aliphatic heterocycles. The fourth-order valence-electron chi connectivity index (χ4n) is 2.59. The van der Waals surface area contributed by atoms with Crippen LogP contribution in [0, 0.1) is 17.2 Å². The lowest BCUT2D eigenvalue weighted by Crippen LogP contribution is -2.40. The third kappa shape index (κ3) is 4.70. The van der Waals surface area contributed by atoms with E-state index in [4.69, 9.17) is 12.2 Å². The van der Waals surface area contributed by atoms with Crippen molar-refractivity contribution in [1.82, 2.24) is 10.9 Å². The number of hydrogen-bond donors (Lipinski definition) is 3. The number of thiocarbonyl (C=S) groups is 1. The molecule has 22 heavy (non-hydrogen) atoms. The van der Waals surface area contributed by atoms with Crippen molar-refractivity contribution in [2.75, 3.05) is 5.32 Å². The van der Waals surface area contributed by atoms with Crippen LogP contribution in [-0.2, 0) is 0 Å². The van der Waals surface area contributed by atoms with E-state index in [2.05, 4.69) is 43.0 Å². The molecule has 1 aliphatic rings. The maximum atomic E-state index is 13.5. The van der Waals surface area contributed by atoms with E-state index in [1.54, 1.807) is 18.2 Å².